The van der Waals surface area contributed by atoms with Crippen LogP contribution in [0.25, 0.3) is 0 Å². The number of hydrogen-bond donors (Lipinski definition) is 1. The van der Waals surface area contributed by atoms with Crippen molar-refractivity contribution in [3.63, 3.8) is 0 Å². The molecule has 1 aliphatic heterocycles. The van der Waals surface area contributed by atoms with Gasteiger partial charge < -0.3 is 9.64 Å². The SMILES string of the molecule is COc1cccc(CCC2CCCN(C(=O)C[n+]3cc(=O)o[nH]3)C2)c1. The number of benzene rings is 1. The molecule has 25 heavy (non-hydrogen) atoms. The van der Waals surface area contributed by atoms with E-state index in [2.05, 4.69) is 21.9 Å². The molecule has 2 aromatic rings. The van der Waals surface area contributed by atoms with Crippen LogP contribution >= 0.6 is 0 Å². The number of ether oxygens (including phenoxy) is 1. The fourth-order valence-corrected chi connectivity index (χ4v) is 3.33. The molecule has 1 amide bonds. The second-order valence-corrected chi connectivity index (χ2v) is 6.51. The molecule has 2 heterocycles. The average molecular weight is 346 g/mol. The van der Waals surface area contributed by atoms with Crippen molar-refractivity contribution in [1.29, 1.82) is 0 Å². The van der Waals surface area contributed by atoms with E-state index in [1.807, 2.05) is 17.0 Å². The van der Waals surface area contributed by atoms with Gasteiger partial charge in [-0.25, -0.2) is 4.79 Å². The first-order valence-corrected chi connectivity index (χ1v) is 8.62. The summed E-state index contributed by atoms with van der Waals surface area (Å²) in [7, 11) is 1.68. The van der Waals surface area contributed by atoms with Gasteiger partial charge in [0.25, 0.3) is 18.6 Å². The van der Waals surface area contributed by atoms with E-state index < -0.39 is 5.63 Å². The lowest BCUT2D eigenvalue weighted by Crippen LogP contribution is -2.48. The fourth-order valence-electron chi connectivity index (χ4n) is 3.33. The summed E-state index contributed by atoms with van der Waals surface area (Å²) in [6, 6.07) is 8.13. The van der Waals surface area contributed by atoms with Crippen LogP contribution in [0.1, 0.15) is 24.8 Å². The van der Waals surface area contributed by atoms with Gasteiger partial charge in [-0.05, 0) is 54.6 Å². The molecule has 0 spiro atoms. The molecule has 134 valence electrons. The molecule has 1 N–H and O–H groups in total. The molecule has 1 aromatic heterocycles. The van der Waals surface area contributed by atoms with Gasteiger partial charge in [0, 0.05) is 13.1 Å². The van der Waals surface area contributed by atoms with Gasteiger partial charge in [-0.1, -0.05) is 16.8 Å². The molecule has 7 nitrogen and oxygen atoms in total. The van der Waals surface area contributed by atoms with E-state index >= 15 is 0 Å². The van der Waals surface area contributed by atoms with E-state index in [0.29, 0.717) is 5.92 Å². The highest BCUT2D eigenvalue weighted by atomic mass is 16.5. The van der Waals surface area contributed by atoms with Gasteiger partial charge in [0.2, 0.25) is 0 Å². The Morgan fingerprint density at radius 2 is 2.36 bits per heavy atom. The smallest absolute Gasteiger partial charge is 0.426 e. The second kappa shape index (κ2) is 8.00. The predicted molar refractivity (Wildman–Crippen MR) is 90.1 cm³/mol. The van der Waals surface area contributed by atoms with Crippen molar-refractivity contribution in [1.82, 2.24) is 10.2 Å². The van der Waals surface area contributed by atoms with Crippen LogP contribution in [0.2, 0.25) is 0 Å². The molecular formula is C18H24N3O4+. The molecule has 1 aliphatic rings. The number of likely N-dealkylation sites (tertiary alicyclic amines) is 1. The Labute approximate surface area is 146 Å². The van der Waals surface area contributed by atoms with Gasteiger partial charge in [-0.15, -0.1) is 0 Å². The Balaban J connectivity index is 1.51. The molecular weight excluding hydrogens is 322 g/mol. The zero-order valence-electron chi connectivity index (χ0n) is 14.4. The molecule has 3 rings (SSSR count). The molecule has 1 unspecified atom stereocenters. The number of aromatic nitrogens is 2. The van der Waals surface area contributed by atoms with E-state index in [1.165, 1.54) is 16.4 Å². The van der Waals surface area contributed by atoms with Crippen molar-refractivity contribution in [2.45, 2.75) is 32.2 Å². The summed E-state index contributed by atoms with van der Waals surface area (Å²) in [5.74, 6) is 1.38. The molecule has 0 bridgehead atoms. The van der Waals surface area contributed by atoms with Gasteiger partial charge in [0.1, 0.15) is 5.75 Å². The summed E-state index contributed by atoms with van der Waals surface area (Å²) in [5.41, 5.74) is 0.775. The minimum atomic E-state index is -0.484. The van der Waals surface area contributed by atoms with Gasteiger partial charge in [0.15, 0.2) is 0 Å². The van der Waals surface area contributed by atoms with Crippen LogP contribution in [0.5, 0.6) is 5.75 Å². The largest absolute Gasteiger partial charge is 0.497 e. The van der Waals surface area contributed by atoms with Gasteiger partial charge in [0.05, 0.1) is 7.11 Å². The zero-order chi connectivity index (χ0) is 17.6. The van der Waals surface area contributed by atoms with Crippen LogP contribution < -0.4 is 15.0 Å². The standard InChI is InChI=1S/C18H23N3O4/c1-24-16-6-2-4-14(10-16)7-8-15-5-3-9-20(11-15)17(22)12-21-13-18(23)25-19-21/h2,4,6,10,13,15H,3,5,7-9,11-12H2,1H3/p+1. The average Bonchev–Trinajstić information content (AvgIpc) is 3.05. The lowest BCUT2D eigenvalue weighted by Gasteiger charge is -2.32. The molecule has 7 heteroatoms. The number of methoxy groups -OCH3 is 1. The van der Waals surface area contributed by atoms with Gasteiger partial charge in [-0.2, -0.15) is 0 Å². The summed E-state index contributed by atoms with van der Waals surface area (Å²) in [6.07, 6.45) is 5.44. The maximum absolute atomic E-state index is 12.4. The van der Waals surface area contributed by atoms with Crippen LogP contribution in [-0.4, -0.2) is 36.3 Å². The number of nitrogens with one attached hydrogen (secondary N) is 1. The van der Waals surface area contributed by atoms with E-state index in [0.717, 1.165) is 44.5 Å². The van der Waals surface area contributed by atoms with Crippen molar-refractivity contribution in [2.24, 2.45) is 5.92 Å². The van der Waals surface area contributed by atoms with Gasteiger partial charge >= 0.3 is 5.63 Å². The number of aromatic amines is 1. The minimum absolute atomic E-state index is 0.00753. The highest BCUT2D eigenvalue weighted by molar-refractivity contribution is 5.74. The number of hydrogen-bond acceptors (Lipinski definition) is 4. The third-order valence-corrected chi connectivity index (χ3v) is 4.68. The lowest BCUT2D eigenvalue weighted by molar-refractivity contribution is -0.751. The number of nitrogens with zero attached hydrogens (tertiary/aromatic N) is 2. The van der Waals surface area contributed by atoms with Crippen molar-refractivity contribution in [3.8, 4) is 5.75 Å². The Bertz CT molecular complexity index is 767. The first-order chi connectivity index (χ1) is 12.1. The Morgan fingerprint density at radius 3 is 3.12 bits per heavy atom. The third kappa shape index (κ3) is 4.71. The summed E-state index contributed by atoms with van der Waals surface area (Å²) in [5, 5.41) is 2.41. The van der Waals surface area contributed by atoms with E-state index in [9.17, 15) is 9.59 Å². The summed E-state index contributed by atoms with van der Waals surface area (Å²) < 4.78 is 11.2. The summed E-state index contributed by atoms with van der Waals surface area (Å²) >= 11 is 0. The number of carbonyl (C=O) groups is 1. The van der Waals surface area contributed by atoms with E-state index in [1.54, 1.807) is 7.11 Å². The quantitative estimate of drug-likeness (QED) is 0.796. The number of rotatable bonds is 6. The molecule has 1 atom stereocenters. The topological polar surface area (TPSA) is 79.4 Å². The van der Waals surface area contributed by atoms with E-state index in [-0.39, 0.29) is 12.5 Å². The first-order valence-electron chi connectivity index (χ1n) is 8.62. The zero-order valence-corrected chi connectivity index (χ0v) is 14.4. The molecule has 1 saturated heterocycles. The Hall–Kier alpha value is -2.57. The van der Waals surface area contributed by atoms with Crippen molar-refractivity contribution in [3.05, 3.63) is 46.4 Å². The third-order valence-electron chi connectivity index (χ3n) is 4.68. The van der Waals surface area contributed by atoms with Crippen LogP contribution in [0.15, 0.2) is 39.8 Å². The maximum atomic E-state index is 12.4. The first kappa shape index (κ1) is 17.3. The lowest BCUT2D eigenvalue weighted by atomic mass is 9.91. The van der Waals surface area contributed by atoms with Crippen LogP contribution in [-0.2, 0) is 17.8 Å². The van der Waals surface area contributed by atoms with Crippen molar-refractivity contribution >= 4 is 5.91 Å². The number of carbonyl (C=O) groups excluding carboxylic acids is 1. The summed E-state index contributed by atoms with van der Waals surface area (Å²) in [6.45, 7) is 1.65. The second-order valence-electron chi connectivity index (χ2n) is 6.51. The molecule has 1 fully saturated rings. The monoisotopic (exact) mass is 346 g/mol. The number of piperidine rings is 1. The van der Waals surface area contributed by atoms with E-state index in [4.69, 9.17) is 4.74 Å². The van der Waals surface area contributed by atoms with Crippen molar-refractivity contribution < 1.29 is 18.7 Å². The minimum Gasteiger partial charge on any atom is -0.497 e. The van der Waals surface area contributed by atoms with Crippen molar-refractivity contribution in [2.75, 3.05) is 20.2 Å². The molecule has 1 aromatic carbocycles. The highest BCUT2D eigenvalue weighted by Crippen LogP contribution is 2.23. The van der Waals surface area contributed by atoms with Crippen LogP contribution in [0, 0.1) is 5.92 Å². The molecule has 0 radical (unpaired) electrons. The summed E-state index contributed by atoms with van der Waals surface area (Å²) in [4.78, 5) is 25.3. The molecule has 0 saturated carbocycles. The fraction of sp³-hybridized carbons (Fsp3) is 0.500. The number of aryl methyl sites for hydroxylation is 1. The van der Waals surface area contributed by atoms with Crippen LogP contribution in [0.3, 0.4) is 0 Å². The van der Waals surface area contributed by atoms with Gasteiger partial charge in [-0.3, -0.25) is 9.32 Å². The highest BCUT2D eigenvalue weighted by Gasteiger charge is 2.26. The predicted octanol–water partition coefficient (Wildman–Crippen LogP) is 1.14. The Kier molecular flexibility index (Phi) is 5.53. The maximum Gasteiger partial charge on any atom is 0.426 e. The number of H-pyrrole nitrogens is 1. The Morgan fingerprint density at radius 1 is 1.48 bits per heavy atom. The number of amides is 1. The molecule has 0 aliphatic carbocycles. The normalized spacial score (nSPS) is 17.5. The van der Waals surface area contributed by atoms with Crippen LogP contribution in [0.4, 0.5) is 0 Å².